The minimum Gasteiger partial charge on any atom is -0.440 e. The number of hydrogen-bond donors (Lipinski definition) is 0. The van der Waals surface area contributed by atoms with E-state index in [0.717, 1.165) is 5.69 Å². The fraction of sp³-hybridized carbons (Fsp3) is 0.385. The van der Waals surface area contributed by atoms with Crippen LogP contribution in [0.2, 0.25) is 0 Å². The number of ketones is 1. The van der Waals surface area contributed by atoms with Gasteiger partial charge in [0.2, 0.25) is 5.78 Å². The second kappa shape index (κ2) is 5.33. The fourth-order valence-electron chi connectivity index (χ4n) is 1.59. The summed E-state index contributed by atoms with van der Waals surface area (Å²) in [6.07, 6.45) is 1.21. The third-order valence-corrected chi connectivity index (χ3v) is 3.67. The molecule has 2 rings (SSSR count). The minimum atomic E-state index is -0.927. The summed E-state index contributed by atoms with van der Waals surface area (Å²) in [7, 11) is 0. The van der Waals surface area contributed by atoms with Crippen LogP contribution in [0.3, 0.4) is 0 Å². The second-order valence-corrected chi connectivity index (χ2v) is 5.35. The Morgan fingerprint density at radius 3 is 2.74 bits per heavy atom. The number of nitriles is 1. The number of carbonyl (C=O) groups excluding carboxylic acids is 1. The summed E-state index contributed by atoms with van der Waals surface area (Å²) in [5, 5.41) is 11.6. The maximum Gasteiger partial charge on any atom is 0.224 e. The summed E-state index contributed by atoms with van der Waals surface area (Å²) in [5.41, 5.74) is 1.38. The Morgan fingerprint density at radius 1 is 1.53 bits per heavy atom. The van der Waals surface area contributed by atoms with Gasteiger partial charge in [-0.1, -0.05) is 13.8 Å². The highest BCUT2D eigenvalue weighted by atomic mass is 32.1. The van der Waals surface area contributed by atoms with Crippen LogP contribution in [0.15, 0.2) is 16.2 Å². The van der Waals surface area contributed by atoms with Crippen molar-refractivity contribution in [2.75, 3.05) is 0 Å². The van der Waals surface area contributed by atoms with Gasteiger partial charge in [-0.05, 0) is 12.8 Å². The van der Waals surface area contributed by atoms with Gasteiger partial charge in [-0.15, -0.1) is 11.3 Å². The minimum absolute atomic E-state index is 0.132. The van der Waals surface area contributed by atoms with Gasteiger partial charge >= 0.3 is 0 Å². The third kappa shape index (κ3) is 2.56. The van der Waals surface area contributed by atoms with Crippen molar-refractivity contribution in [2.24, 2.45) is 0 Å². The molecule has 98 valence electrons. The molecule has 0 fully saturated rings. The topological polar surface area (TPSA) is 79.8 Å². The number of aryl methyl sites for hydroxylation is 1. The molecule has 0 aliphatic heterocycles. The average Bonchev–Trinajstić information content (AvgIpc) is 2.99. The molecule has 2 heterocycles. The van der Waals surface area contributed by atoms with Gasteiger partial charge in [0.1, 0.15) is 5.01 Å². The Kier molecular flexibility index (Phi) is 3.76. The zero-order chi connectivity index (χ0) is 14.0. The molecule has 0 saturated carbocycles. The molecule has 5 nitrogen and oxygen atoms in total. The molecular weight excluding hydrogens is 262 g/mol. The first-order chi connectivity index (χ1) is 9.04. The number of aromatic nitrogens is 2. The number of oxazole rings is 1. The Labute approximate surface area is 114 Å². The van der Waals surface area contributed by atoms with Crippen LogP contribution >= 0.6 is 11.3 Å². The standard InChI is InChI=1S/C13H13N3O2S/c1-7(2)10-5-19-13(16-10)9(4-14)11(17)12-8(3)15-6-18-12/h5-7,9H,1-3H3/t9-/m1/s1. The van der Waals surface area contributed by atoms with E-state index < -0.39 is 5.92 Å². The molecule has 2 aromatic rings. The van der Waals surface area contributed by atoms with E-state index in [1.165, 1.54) is 17.7 Å². The lowest BCUT2D eigenvalue weighted by Crippen LogP contribution is -2.11. The summed E-state index contributed by atoms with van der Waals surface area (Å²) in [4.78, 5) is 20.5. The van der Waals surface area contributed by atoms with Crippen molar-refractivity contribution in [1.82, 2.24) is 9.97 Å². The van der Waals surface area contributed by atoms with E-state index in [2.05, 4.69) is 9.97 Å². The van der Waals surface area contributed by atoms with Crippen LogP contribution in [0.1, 0.15) is 52.6 Å². The first-order valence-corrected chi connectivity index (χ1v) is 6.71. The lowest BCUT2D eigenvalue weighted by molar-refractivity contribution is 0.0951. The lowest BCUT2D eigenvalue weighted by Gasteiger charge is -2.03. The SMILES string of the molecule is Cc1ncoc1C(=O)[C@@H](C#N)c1nc(C(C)C)cs1. The van der Waals surface area contributed by atoms with Crippen molar-refractivity contribution in [2.45, 2.75) is 32.6 Å². The quantitative estimate of drug-likeness (QED) is 0.801. The molecule has 0 radical (unpaired) electrons. The Hall–Kier alpha value is -2.00. The van der Waals surface area contributed by atoms with Gasteiger partial charge in [-0.25, -0.2) is 9.97 Å². The zero-order valence-corrected chi connectivity index (χ0v) is 11.7. The molecule has 0 N–H and O–H groups in total. The molecule has 0 unspecified atom stereocenters. The zero-order valence-electron chi connectivity index (χ0n) is 10.9. The van der Waals surface area contributed by atoms with Gasteiger partial charge in [0.25, 0.3) is 0 Å². The van der Waals surface area contributed by atoms with E-state index in [9.17, 15) is 10.1 Å². The number of thiazole rings is 1. The highest BCUT2D eigenvalue weighted by Crippen LogP contribution is 2.27. The van der Waals surface area contributed by atoms with E-state index in [4.69, 9.17) is 4.42 Å². The monoisotopic (exact) mass is 275 g/mol. The number of nitrogens with zero attached hydrogens (tertiary/aromatic N) is 3. The maximum atomic E-state index is 12.2. The van der Waals surface area contributed by atoms with Crippen LogP contribution in [-0.4, -0.2) is 15.8 Å². The molecule has 2 aromatic heterocycles. The molecule has 0 aliphatic rings. The highest BCUT2D eigenvalue weighted by molar-refractivity contribution is 7.10. The van der Waals surface area contributed by atoms with Crippen molar-refractivity contribution in [1.29, 1.82) is 5.26 Å². The molecule has 0 amide bonds. The van der Waals surface area contributed by atoms with Crippen LogP contribution in [0, 0.1) is 18.3 Å². The lowest BCUT2D eigenvalue weighted by atomic mass is 10.0. The number of Topliss-reactive ketones (excluding diaryl/α,β-unsaturated/α-hetero) is 1. The van der Waals surface area contributed by atoms with Crippen LogP contribution in [-0.2, 0) is 0 Å². The van der Waals surface area contributed by atoms with E-state index >= 15 is 0 Å². The smallest absolute Gasteiger partial charge is 0.224 e. The van der Waals surface area contributed by atoms with Gasteiger partial charge < -0.3 is 4.42 Å². The Bertz CT molecular complexity index is 636. The Morgan fingerprint density at radius 2 is 2.26 bits per heavy atom. The van der Waals surface area contributed by atoms with Crippen molar-refractivity contribution in [3.05, 3.63) is 33.9 Å². The molecule has 19 heavy (non-hydrogen) atoms. The molecule has 0 bridgehead atoms. The largest absolute Gasteiger partial charge is 0.440 e. The van der Waals surface area contributed by atoms with Crippen LogP contribution in [0.5, 0.6) is 0 Å². The second-order valence-electron chi connectivity index (χ2n) is 4.46. The first-order valence-electron chi connectivity index (χ1n) is 5.83. The van der Waals surface area contributed by atoms with Crippen molar-refractivity contribution >= 4 is 17.1 Å². The van der Waals surface area contributed by atoms with Crippen molar-refractivity contribution in [3.63, 3.8) is 0 Å². The number of carbonyl (C=O) groups is 1. The van der Waals surface area contributed by atoms with Crippen molar-refractivity contribution < 1.29 is 9.21 Å². The molecule has 0 saturated heterocycles. The number of rotatable bonds is 4. The van der Waals surface area contributed by atoms with Crippen molar-refractivity contribution in [3.8, 4) is 6.07 Å². The van der Waals surface area contributed by atoms with Gasteiger partial charge in [-0.2, -0.15) is 5.26 Å². The molecular formula is C13H13N3O2S. The van der Waals surface area contributed by atoms with Gasteiger partial charge in [0.15, 0.2) is 18.1 Å². The predicted octanol–water partition coefficient (Wildman–Crippen LogP) is 3.05. The summed E-state index contributed by atoms with van der Waals surface area (Å²) >= 11 is 1.33. The van der Waals surface area contributed by atoms with E-state index in [-0.39, 0.29) is 17.5 Å². The van der Waals surface area contributed by atoms with Gasteiger partial charge in [0.05, 0.1) is 17.5 Å². The third-order valence-electron chi connectivity index (χ3n) is 2.74. The molecule has 0 aliphatic carbocycles. The summed E-state index contributed by atoms with van der Waals surface area (Å²) in [6, 6.07) is 2.00. The molecule has 6 heteroatoms. The predicted molar refractivity (Wildman–Crippen MR) is 70.1 cm³/mol. The average molecular weight is 275 g/mol. The summed E-state index contributed by atoms with van der Waals surface area (Å²) in [5.74, 6) is -0.911. The molecule has 0 spiro atoms. The van der Waals surface area contributed by atoms with E-state index in [1.54, 1.807) is 6.92 Å². The molecule has 1 atom stereocenters. The fourth-order valence-corrected chi connectivity index (χ4v) is 2.61. The van der Waals surface area contributed by atoms with Gasteiger partial charge in [0, 0.05) is 5.38 Å². The summed E-state index contributed by atoms with van der Waals surface area (Å²) < 4.78 is 5.05. The van der Waals surface area contributed by atoms with E-state index in [0.29, 0.717) is 10.7 Å². The number of hydrogen-bond acceptors (Lipinski definition) is 6. The van der Waals surface area contributed by atoms with Crippen LogP contribution < -0.4 is 0 Å². The van der Waals surface area contributed by atoms with Crippen LogP contribution in [0.25, 0.3) is 0 Å². The first kappa shape index (κ1) is 13.4. The molecule has 0 aromatic carbocycles. The van der Waals surface area contributed by atoms with Gasteiger partial charge in [-0.3, -0.25) is 4.79 Å². The van der Waals surface area contributed by atoms with E-state index in [1.807, 2.05) is 25.3 Å². The maximum absolute atomic E-state index is 12.2. The van der Waals surface area contributed by atoms with Crippen LogP contribution in [0.4, 0.5) is 0 Å². The normalized spacial score (nSPS) is 12.4. The highest BCUT2D eigenvalue weighted by Gasteiger charge is 2.29. The summed E-state index contributed by atoms with van der Waals surface area (Å²) in [6.45, 7) is 5.71. The Balaban J connectivity index is 2.32.